The van der Waals surface area contributed by atoms with Crippen LogP contribution in [0.2, 0.25) is 5.02 Å². The first-order valence-corrected chi connectivity index (χ1v) is 14.2. The maximum absolute atomic E-state index is 13.7. The molecule has 0 radical (unpaired) electrons. The number of aromatic hydroxyl groups is 1. The summed E-state index contributed by atoms with van der Waals surface area (Å²) in [7, 11) is 0. The lowest BCUT2D eigenvalue weighted by molar-refractivity contribution is -0.384. The van der Waals surface area contributed by atoms with Crippen molar-refractivity contribution >= 4 is 40.9 Å². The maximum Gasteiger partial charge on any atom is 0.271 e. The molecule has 2 amide bonds. The monoisotopic (exact) mass is 564 g/mol. The summed E-state index contributed by atoms with van der Waals surface area (Å²) in [5.41, 5.74) is 4.52. The number of rotatable bonds is 9. The smallest absolute Gasteiger partial charge is 0.271 e. The van der Waals surface area contributed by atoms with Crippen LogP contribution < -0.4 is 4.90 Å². The zero-order valence-electron chi connectivity index (χ0n) is 22.6. The van der Waals surface area contributed by atoms with E-state index < -0.39 is 16.8 Å². The molecule has 40 heavy (non-hydrogen) atoms. The third-order valence-corrected chi connectivity index (χ3v) is 8.70. The van der Waals surface area contributed by atoms with Crippen LogP contribution in [0.15, 0.2) is 59.2 Å². The molecule has 0 aromatic heterocycles. The Kier molecular flexibility index (Phi) is 8.10. The predicted molar refractivity (Wildman–Crippen MR) is 153 cm³/mol. The van der Waals surface area contributed by atoms with Crippen LogP contribution in [0.3, 0.4) is 0 Å². The summed E-state index contributed by atoms with van der Waals surface area (Å²) in [6.07, 6.45) is 6.66. The van der Waals surface area contributed by atoms with Gasteiger partial charge in [0.2, 0.25) is 11.8 Å². The fourth-order valence-electron chi connectivity index (χ4n) is 6.57. The second-order valence-corrected chi connectivity index (χ2v) is 11.2. The quantitative estimate of drug-likeness (QED) is 0.154. The van der Waals surface area contributed by atoms with Gasteiger partial charge in [-0.25, -0.2) is 4.90 Å². The SMILES string of the molecule is CCC/C(=C\c1ccc(O)cc1Cl)CC[C@H]1OC[C@H]2C1=C(CC)C[C@H]1C(=O)N(c3cccc([N+](=O)[O-])c3)C(=O)[C@H]12. The number of nitro groups is 1. The van der Waals surface area contributed by atoms with E-state index in [2.05, 4.69) is 19.9 Å². The van der Waals surface area contributed by atoms with Gasteiger partial charge in [0.1, 0.15) is 5.75 Å². The fourth-order valence-corrected chi connectivity index (χ4v) is 6.80. The molecule has 0 spiro atoms. The van der Waals surface area contributed by atoms with Crippen molar-refractivity contribution < 1.29 is 24.4 Å². The van der Waals surface area contributed by atoms with E-state index in [0.717, 1.165) is 48.1 Å². The summed E-state index contributed by atoms with van der Waals surface area (Å²) in [4.78, 5) is 39.1. The molecule has 2 fully saturated rings. The minimum absolute atomic E-state index is 0.128. The zero-order valence-corrected chi connectivity index (χ0v) is 23.4. The number of halogens is 1. The fraction of sp³-hybridized carbons (Fsp3) is 0.419. The highest BCUT2D eigenvalue weighted by atomic mass is 35.5. The first-order valence-electron chi connectivity index (χ1n) is 13.9. The highest BCUT2D eigenvalue weighted by Gasteiger charge is 2.57. The Balaban J connectivity index is 1.38. The van der Waals surface area contributed by atoms with Gasteiger partial charge >= 0.3 is 0 Å². The van der Waals surface area contributed by atoms with Crippen LogP contribution in [-0.4, -0.2) is 34.6 Å². The number of anilines is 1. The molecular weight excluding hydrogens is 532 g/mol. The molecule has 210 valence electrons. The van der Waals surface area contributed by atoms with Gasteiger partial charge in [0.15, 0.2) is 0 Å². The number of phenols is 1. The number of allylic oxidation sites excluding steroid dienone is 2. The number of hydrogen-bond donors (Lipinski definition) is 1. The molecule has 9 heteroatoms. The Bertz CT molecular complexity index is 1420. The summed E-state index contributed by atoms with van der Waals surface area (Å²) < 4.78 is 6.32. The maximum atomic E-state index is 13.7. The number of ether oxygens (including phenoxy) is 1. The number of nitrogens with zero attached hydrogens (tertiary/aromatic N) is 2. The van der Waals surface area contributed by atoms with Gasteiger partial charge in [0.05, 0.1) is 40.2 Å². The minimum Gasteiger partial charge on any atom is -0.508 e. The number of phenolic OH excluding ortho intramolecular Hbond substituents is 1. The summed E-state index contributed by atoms with van der Waals surface area (Å²) in [5.74, 6) is -1.64. The third-order valence-electron chi connectivity index (χ3n) is 8.38. The summed E-state index contributed by atoms with van der Waals surface area (Å²) in [6, 6.07) is 10.7. The van der Waals surface area contributed by atoms with Crippen LogP contribution >= 0.6 is 11.6 Å². The van der Waals surface area contributed by atoms with Crippen LogP contribution in [0, 0.1) is 27.9 Å². The van der Waals surface area contributed by atoms with E-state index in [9.17, 15) is 24.8 Å². The van der Waals surface area contributed by atoms with Crippen LogP contribution in [0.1, 0.15) is 57.9 Å². The molecular formula is C31H33ClN2O6. The Hall–Kier alpha value is -3.49. The molecule has 0 saturated carbocycles. The predicted octanol–water partition coefficient (Wildman–Crippen LogP) is 6.85. The van der Waals surface area contributed by atoms with Crippen molar-refractivity contribution in [1.29, 1.82) is 0 Å². The molecule has 2 saturated heterocycles. The Morgan fingerprint density at radius 3 is 2.65 bits per heavy atom. The Morgan fingerprint density at radius 2 is 1.95 bits per heavy atom. The molecule has 2 heterocycles. The molecule has 2 aliphatic heterocycles. The van der Waals surface area contributed by atoms with Gasteiger partial charge in [-0.1, -0.05) is 55.2 Å². The van der Waals surface area contributed by atoms with E-state index in [1.54, 1.807) is 12.1 Å². The van der Waals surface area contributed by atoms with Crippen LogP contribution in [-0.2, 0) is 14.3 Å². The van der Waals surface area contributed by atoms with Crippen molar-refractivity contribution in [3.05, 3.63) is 79.9 Å². The van der Waals surface area contributed by atoms with Crippen molar-refractivity contribution in [1.82, 2.24) is 0 Å². The van der Waals surface area contributed by atoms with Gasteiger partial charge in [0, 0.05) is 18.1 Å². The lowest BCUT2D eigenvalue weighted by Crippen LogP contribution is -2.34. The van der Waals surface area contributed by atoms with Gasteiger partial charge in [0.25, 0.3) is 5.69 Å². The topological polar surface area (TPSA) is 110 Å². The van der Waals surface area contributed by atoms with Crippen molar-refractivity contribution in [2.75, 3.05) is 11.5 Å². The lowest BCUT2D eigenvalue weighted by Gasteiger charge is -2.31. The zero-order chi connectivity index (χ0) is 28.6. The lowest BCUT2D eigenvalue weighted by atomic mass is 9.69. The van der Waals surface area contributed by atoms with E-state index in [-0.39, 0.29) is 41.0 Å². The molecule has 0 unspecified atom stereocenters. The van der Waals surface area contributed by atoms with E-state index in [1.165, 1.54) is 35.4 Å². The highest BCUT2D eigenvalue weighted by Crippen LogP contribution is 2.51. The largest absolute Gasteiger partial charge is 0.508 e. The molecule has 5 rings (SSSR count). The minimum atomic E-state index is -0.525. The summed E-state index contributed by atoms with van der Waals surface area (Å²) in [6.45, 7) is 4.58. The second-order valence-electron chi connectivity index (χ2n) is 10.8. The van der Waals surface area contributed by atoms with Crippen LogP contribution in [0.25, 0.3) is 6.08 Å². The third kappa shape index (κ3) is 5.18. The number of carbonyl (C=O) groups is 2. The van der Waals surface area contributed by atoms with Crippen molar-refractivity contribution in [3.8, 4) is 5.75 Å². The first kappa shape index (κ1) is 28.1. The number of nitro benzene ring substituents is 1. The van der Waals surface area contributed by atoms with Crippen molar-refractivity contribution in [2.45, 2.75) is 58.5 Å². The van der Waals surface area contributed by atoms with Crippen molar-refractivity contribution in [3.63, 3.8) is 0 Å². The van der Waals surface area contributed by atoms with E-state index in [4.69, 9.17) is 16.3 Å². The average molecular weight is 565 g/mol. The molecule has 1 N–H and O–H groups in total. The molecule has 8 nitrogen and oxygen atoms in total. The van der Waals surface area contributed by atoms with Gasteiger partial charge in [-0.2, -0.15) is 0 Å². The normalized spacial score (nSPS) is 24.5. The molecule has 2 aromatic carbocycles. The highest BCUT2D eigenvalue weighted by molar-refractivity contribution is 6.32. The number of benzene rings is 2. The number of non-ortho nitro benzene ring substituents is 1. The number of carbonyl (C=O) groups excluding carboxylic acids is 2. The molecule has 2 aromatic rings. The Morgan fingerprint density at radius 1 is 1.15 bits per heavy atom. The van der Waals surface area contributed by atoms with Crippen molar-refractivity contribution in [2.24, 2.45) is 17.8 Å². The van der Waals surface area contributed by atoms with E-state index >= 15 is 0 Å². The first-order chi connectivity index (χ1) is 19.2. The number of hydrogen-bond acceptors (Lipinski definition) is 6. The second kappa shape index (κ2) is 11.6. The average Bonchev–Trinajstić information content (AvgIpc) is 3.46. The van der Waals surface area contributed by atoms with E-state index in [0.29, 0.717) is 18.1 Å². The van der Waals surface area contributed by atoms with Crippen LogP contribution in [0.4, 0.5) is 11.4 Å². The molecule has 0 bridgehead atoms. The van der Waals surface area contributed by atoms with Gasteiger partial charge in [-0.15, -0.1) is 0 Å². The standard InChI is InChI=1S/C31H33ClN2O6/c1-3-6-18(13-20-10-11-23(35)16-26(20)32)9-12-27-28-19(4-2)14-24-29(25(28)17-40-27)31(37)33(30(24)36)21-7-5-8-22(15-21)34(38)39/h5,7-8,10-11,13,15-16,24-25,27,29,35H,3-4,6,9,12,14,17H2,1-2H3/b18-13+/t24-,25+,27-,29-/m1/s1. The Labute approximate surface area is 238 Å². The van der Waals surface area contributed by atoms with E-state index in [1.807, 2.05) is 6.07 Å². The summed E-state index contributed by atoms with van der Waals surface area (Å²) in [5, 5.41) is 21.5. The number of fused-ring (bicyclic) bond motifs is 3. The summed E-state index contributed by atoms with van der Waals surface area (Å²) >= 11 is 6.35. The number of amides is 2. The van der Waals surface area contributed by atoms with Gasteiger partial charge in [-0.05, 0) is 67.5 Å². The van der Waals surface area contributed by atoms with Gasteiger partial charge in [-0.3, -0.25) is 19.7 Å². The molecule has 3 aliphatic rings. The molecule has 4 atom stereocenters. The van der Waals surface area contributed by atoms with Gasteiger partial charge < -0.3 is 9.84 Å². The number of imide groups is 1. The van der Waals surface area contributed by atoms with Crippen LogP contribution in [0.5, 0.6) is 5.75 Å². The molecule has 1 aliphatic carbocycles.